The molecule has 0 amide bonds. The number of carbonyl (C=O) groups excluding carboxylic acids is 1. The molecular weight excluding hydrogens is 324 g/mol. The second-order valence-corrected chi connectivity index (χ2v) is 9.69. The highest BCUT2D eigenvalue weighted by molar-refractivity contribution is 5.66. The van der Waals surface area contributed by atoms with Crippen LogP contribution in [0.1, 0.15) is 91.4 Å². The maximum Gasteiger partial charge on any atom is 0.302 e. The van der Waals surface area contributed by atoms with Crippen LogP contribution in [-0.2, 0) is 14.3 Å². The van der Waals surface area contributed by atoms with Gasteiger partial charge in [0.1, 0.15) is 6.10 Å². The van der Waals surface area contributed by atoms with Crippen LogP contribution in [0.2, 0.25) is 0 Å². The fourth-order valence-electron chi connectivity index (χ4n) is 6.88. The van der Waals surface area contributed by atoms with E-state index < -0.39 is 0 Å². The van der Waals surface area contributed by atoms with Crippen LogP contribution < -0.4 is 0 Å². The van der Waals surface area contributed by atoms with Gasteiger partial charge in [0.2, 0.25) is 0 Å². The predicted molar refractivity (Wildman–Crippen MR) is 105 cm³/mol. The Hall–Kier alpha value is -0.570. The van der Waals surface area contributed by atoms with Crippen LogP contribution in [-0.4, -0.2) is 25.3 Å². The summed E-state index contributed by atoms with van der Waals surface area (Å²) in [6, 6.07) is 0. The zero-order valence-corrected chi connectivity index (χ0v) is 17.5. The molecule has 0 aromatic heterocycles. The zero-order valence-electron chi connectivity index (χ0n) is 17.5. The molecule has 6 unspecified atom stereocenters. The highest BCUT2D eigenvalue weighted by Gasteiger charge is 2.49. The summed E-state index contributed by atoms with van der Waals surface area (Å²) in [6.07, 6.45) is 15.2. The van der Waals surface area contributed by atoms with Gasteiger partial charge in [-0.25, -0.2) is 0 Å². The average Bonchev–Trinajstić information content (AvgIpc) is 2.63. The Kier molecular flexibility index (Phi) is 6.69. The second-order valence-electron chi connectivity index (χ2n) is 9.69. The van der Waals surface area contributed by atoms with Gasteiger partial charge in [0, 0.05) is 14.0 Å². The van der Waals surface area contributed by atoms with Crippen LogP contribution in [0.5, 0.6) is 0 Å². The summed E-state index contributed by atoms with van der Waals surface area (Å²) in [5.74, 6) is 2.77. The van der Waals surface area contributed by atoms with E-state index in [1.54, 1.807) is 6.92 Å². The third kappa shape index (κ3) is 4.13. The molecule has 3 aliphatic rings. The normalized spacial score (nSPS) is 40.8. The van der Waals surface area contributed by atoms with Crippen molar-refractivity contribution in [1.82, 2.24) is 0 Å². The molecule has 3 aliphatic carbocycles. The fourth-order valence-corrected chi connectivity index (χ4v) is 6.88. The number of hydrogen-bond donors (Lipinski definition) is 0. The Morgan fingerprint density at radius 2 is 1.38 bits per heavy atom. The Morgan fingerprint density at radius 3 is 1.85 bits per heavy atom. The molecule has 0 N–H and O–H groups in total. The topological polar surface area (TPSA) is 35.5 Å². The SMILES string of the molecule is COC1CCC(C2(C3CCC(OC(C)=O)C(C)C3)CCCCC2)CC1C. The molecule has 3 fully saturated rings. The van der Waals surface area contributed by atoms with Gasteiger partial charge < -0.3 is 9.47 Å². The fraction of sp³-hybridized carbons (Fsp3) is 0.957. The highest BCUT2D eigenvalue weighted by atomic mass is 16.5. The first-order valence-electron chi connectivity index (χ1n) is 11.2. The molecule has 6 atom stereocenters. The summed E-state index contributed by atoms with van der Waals surface area (Å²) in [6.45, 7) is 6.26. The number of rotatable bonds is 4. The van der Waals surface area contributed by atoms with Gasteiger partial charge in [0.15, 0.2) is 0 Å². The van der Waals surface area contributed by atoms with Crippen molar-refractivity contribution < 1.29 is 14.3 Å². The van der Waals surface area contributed by atoms with Crippen LogP contribution in [0.3, 0.4) is 0 Å². The number of carbonyl (C=O) groups is 1. The van der Waals surface area contributed by atoms with Crippen molar-refractivity contribution in [3.8, 4) is 0 Å². The van der Waals surface area contributed by atoms with Gasteiger partial charge in [-0.2, -0.15) is 0 Å². The van der Waals surface area contributed by atoms with E-state index in [1.807, 2.05) is 7.11 Å². The second kappa shape index (κ2) is 8.63. The molecular formula is C23H40O3. The van der Waals surface area contributed by atoms with Crippen molar-refractivity contribution in [3.05, 3.63) is 0 Å². The molecule has 0 aliphatic heterocycles. The van der Waals surface area contributed by atoms with Crippen molar-refractivity contribution in [2.75, 3.05) is 7.11 Å². The zero-order chi connectivity index (χ0) is 18.7. The number of ether oxygens (including phenoxy) is 2. The monoisotopic (exact) mass is 364 g/mol. The maximum atomic E-state index is 11.4. The molecule has 3 saturated carbocycles. The van der Waals surface area contributed by atoms with Gasteiger partial charge in [-0.05, 0) is 80.5 Å². The first-order valence-corrected chi connectivity index (χ1v) is 11.2. The predicted octanol–water partition coefficient (Wildman–Crippen LogP) is 5.76. The van der Waals surface area contributed by atoms with Crippen molar-refractivity contribution in [1.29, 1.82) is 0 Å². The van der Waals surface area contributed by atoms with E-state index in [-0.39, 0.29) is 12.1 Å². The molecule has 3 heteroatoms. The molecule has 0 spiro atoms. The lowest BCUT2D eigenvalue weighted by atomic mass is 9.52. The lowest BCUT2D eigenvalue weighted by Gasteiger charge is -2.54. The molecule has 0 radical (unpaired) electrons. The quantitative estimate of drug-likeness (QED) is 0.595. The summed E-state index contributed by atoms with van der Waals surface area (Å²) in [5.41, 5.74) is 0.542. The highest BCUT2D eigenvalue weighted by Crippen LogP contribution is 2.57. The number of esters is 1. The van der Waals surface area contributed by atoms with Crippen molar-refractivity contribution in [2.24, 2.45) is 29.1 Å². The lowest BCUT2D eigenvalue weighted by molar-refractivity contribution is -0.153. The molecule has 0 aromatic carbocycles. The Bertz CT molecular complexity index is 468. The number of hydrogen-bond acceptors (Lipinski definition) is 3. The minimum Gasteiger partial charge on any atom is -0.462 e. The van der Waals surface area contributed by atoms with Gasteiger partial charge in [-0.3, -0.25) is 4.79 Å². The summed E-state index contributed by atoms with van der Waals surface area (Å²) in [5, 5.41) is 0. The largest absolute Gasteiger partial charge is 0.462 e. The van der Waals surface area contributed by atoms with E-state index in [2.05, 4.69) is 13.8 Å². The summed E-state index contributed by atoms with van der Waals surface area (Å²) in [4.78, 5) is 11.4. The van der Waals surface area contributed by atoms with E-state index in [9.17, 15) is 4.79 Å². The van der Waals surface area contributed by atoms with E-state index in [0.717, 1.165) is 18.3 Å². The van der Waals surface area contributed by atoms with Crippen LogP contribution in [0.25, 0.3) is 0 Å². The van der Waals surface area contributed by atoms with E-state index in [1.165, 1.54) is 64.2 Å². The van der Waals surface area contributed by atoms with Gasteiger partial charge in [-0.15, -0.1) is 0 Å². The van der Waals surface area contributed by atoms with Crippen LogP contribution in [0, 0.1) is 29.1 Å². The molecule has 26 heavy (non-hydrogen) atoms. The summed E-state index contributed by atoms with van der Waals surface area (Å²) in [7, 11) is 1.88. The van der Waals surface area contributed by atoms with Gasteiger partial charge in [0.25, 0.3) is 0 Å². The molecule has 3 rings (SSSR count). The molecule has 3 nitrogen and oxygen atoms in total. The Morgan fingerprint density at radius 1 is 0.846 bits per heavy atom. The van der Waals surface area contributed by atoms with E-state index in [4.69, 9.17) is 9.47 Å². The van der Waals surface area contributed by atoms with Gasteiger partial charge in [-0.1, -0.05) is 33.1 Å². The minimum atomic E-state index is -0.112. The third-order valence-corrected chi connectivity index (χ3v) is 8.21. The van der Waals surface area contributed by atoms with E-state index in [0.29, 0.717) is 23.4 Å². The summed E-state index contributed by atoms with van der Waals surface area (Å²) >= 11 is 0. The van der Waals surface area contributed by atoms with Crippen LogP contribution in [0.4, 0.5) is 0 Å². The van der Waals surface area contributed by atoms with Crippen LogP contribution >= 0.6 is 0 Å². The number of methoxy groups -OCH3 is 1. The Labute approximate surface area is 160 Å². The molecule has 0 saturated heterocycles. The molecule has 0 aromatic rings. The lowest BCUT2D eigenvalue weighted by Crippen LogP contribution is -2.47. The minimum absolute atomic E-state index is 0.112. The first kappa shape index (κ1) is 20.2. The smallest absolute Gasteiger partial charge is 0.302 e. The summed E-state index contributed by atoms with van der Waals surface area (Å²) < 4.78 is 11.3. The first-order chi connectivity index (χ1) is 12.5. The third-order valence-electron chi connectivity index (χ3n) is 8.21. The van der Waals surface area contributed by atoms with Gasteiger partial charge in [0.05, 0.1) is 6.10 Å². The average molecular weight is 365 g/mol. The Balaban J connectivity index is 1.73. The standard InChI is InChI=1S/C23H40O3/c1-16-14-19(8-10-21(16)25-4)23(12-6-5-7-13-23)20-9-11-22(17(2)15-20)26-18(3)24/h16-17,19-22H,5-15H2,1-4H3. The van der Waals surface area contributed by atoms with Crippen molar-refractivity contribution >= 4 is 5.97 Å². The molecule has 0 bridgehead atoms. The van der Waals surface area contributed by atoms with Crippen molar-refractivity contribution in [2.45, 2.75) is 104 Å². The van der Waals surface area contributed by atoms with Crippen LogP contribution in [0.15, 0.2) is 0 Å². The van der Waals surface area contributed by atoms with Gasteiger partial charge >= 0.3 is 5.97 Å². The maximum absolute atomic E-state index is 11.4. The van der Waals surface area contributed by atoms with Crippen molar-refractivity contribution in [3.63, 3.8) is 0 Å². The van der Waals surface area contributed by atoms with E-state index >= 15 is 0 Å². The molecule has 0 heterocycles. The molecule has 150 valence electrons.